The first-order valence-electron chi connectivity index (χ1n) is 7.04. The van der Waals surface area contributed by atoms with Gasteiger partial charge in [-0.25, -0.2) is 4.39 Å². The number of nitrogens with zero attached hydrogens (tertiary/aromatic N) is 1. The molecule has 2 aromatic rings. The second-order valence-electron chi connectivity index (χ2n) is 4.76. The summed E-state index contributed by atoms with van der Waals surface area (Å²) in [5.74, 6) is -0.0876. The molecule has 112 valence electrons. The van der Waals surface area contributed by atoms with Crippen LogP contribution in [0.2, 0.25) is 0 Å². The number of para-hydroxylation sites is 1. The third-order valence-corrected chi connectivity index (χ3v) is 3.17. The molecule has 0 saturated carbocycles. The fourth-order valence-corrected chi connectivity index (χ4v) is 2.10. The molecule has 0 amide bonds. The van der Waals surface area contributed by atoms with E-state index in [9.17, 15) is 4.39 Å². The van der Waals surface area contributed by atoms with Crippen molar-refractivity contribution in [1.29, 1.82) is 0 Å². The number of halogens is 1. The lowest BCUT2D eigenvalue weighted by molar-refractivity contribution is 0.161. The normalized spacial score (nSPS) is 10.8. The van der Waals surface area contributed by atoms with Gasteiger partial charge in [0.2, 0.25) is 0 Å². The number of hydrogen-bond donors (Lipinski definition) is 1. The van der Waals surface area contributed by atoms with Crippen LogP contribution in [0, 0.1) is 5.82 Å². The number of ether oxygens (including phenoxy) is 1. The highest BCUT2D eigenvalue weighted by Crippen LogP contribution is 2.15. The summed E-state index contributed by atoms with van der Waals surface area (Å²) in [5.41, 5.74) is 1.18. The van der Waals surface area contributed by atoms with Crippen molar-refractivity contribution in [3.8, 4) is 5.75 Å². The topological polar surface area (TPSA) is 32.7 Å². The molecule has 0 bridgehead atoms. The number of hydrogen-bond acceptors (Lipinski definition) is 3. The quantitative estimate of drug-likeness (QED) is 0.811. The Bertz CT molecular complexity index is 533. The molecule has 4 heteroatoms. The average molecular weight is 289 g/mol. The van der Waals surface area contributed by atoms with Gasteiger partial charge >= 0.3 is 0 Å². The Morgan fingerprint density at radius 2 is 1.67 bits per heavy atom. The fourth-order valence-electron chi connectivity index (χ4n) is 2.10. The van der Waals surface area contributed by atoms with Crippen molar-refractivity contribution in [2.45, 2.75) is 6.54 Å². The minimum absolute atomic E-state index is 0.0898. The van der Waals surface area contributed by atoms with Gasteiger partial charge in [0.25, 0.3) is 0 Å². The molecule has 0 fully saturated rings. The van der Waals surface area contributed by atoms with Gasteiger partial charge in [0.05, 0.1) is 6.61 Å². The van der Waals surface area contributed by atoms with E-state index < -0.39 is 0 Å². The van der Waals surface area contributed by atoms with Gasteiger partial charge in [-0.3, -0.25) is 4.90 Å². The van der Waals surface area contributed by atoms with Crippen molar-refractivity contribution < 1.29 is 14.2 Å². The second kappa shape index (κ2) is 8.39. The highest BCUT2D eigenvalue weighted by molar-refractivity contribution is 5.23. The van der Waals surface area contributed by atoms with Crippen LogP contribution in [0.5, 0.6) is 5.75 Å². The molecule has 0 heterocycles. The van der Waals surface area contributed by atoms with Gasteiger partial charge in [0.15, 0.2) is 11.6 Å². The Balaban J connectivity index is 1.84. The van der Waals surface area contributed by atoms with E-state index in [2.05, 4.69) is 4.90 Å². The number of aliphatic hydroxyl groups excluding tert-OH is 1. The maximum atomic E-state index is 13.4. The predicted molar refractivity (Wildman–Crippen MR) is 80.7 cm³/mol. The molecule has 2 aromatic carbocycles. The van der Waals surface area contributed by atoms with Gasteiger partial charge in [0.1, 0.15) is 6.61 Å². The van der Waals surface area contributed by atoms with E-state index in [4.69, 9.17) is 9.84 Å². The number of benzene rings is 2. The fraction of sp³-hybridized carbons (Fsp3) is 0.294. The van der Waals surface area contributed by atoms with Crippen molar-refractivity contribution in [2.75, 3.05) is 26.3 Å². The van der Waals surface area contributed by atoms with E-state index in [0.717, 1.165) is 6.54 Å². The van der Waals surface area contributed by atoms with Crippen molar-refractivity contribution in [3.63, 3.8) is 0 Å². The minimum Gasteiger partial charge on any atom is -0.489 e. The molecule has 0 unspecified atom stereocenters. The Morgan fingerprint density at radius 1 is 0.952 bits per heavy atom. The van der Waals surface area contributed by atoms with Crippen molar-refractivity contribution in [3.05, 3.63) is 66.0 Å². The Hall–Kier alpha value is -1.91. The van der Waals surface area contributed by atoms with Crippen LogP contribution in [-0.2, 0) is 6.54 Å². The lowest BCUT2D eigenvalue weighted by Gasteiger charge is -2.21. The van der Waals surface area contributed by atoms with E-state index in [0.29, 0.717) is 19.7 Å². The van der Waals surface area contributed by atoms with E-state index in [1.54, 1.807) is 18.2 Å². The Labute approximate surface area is 124 Å². The maximum Gasteiger partial charge on any atom is 0.165 e. The number of rotatable bonds is 8. The van der Waals surface area contributed by atoms with Crippen LogP contribution in [0.4, 0.5) is 4.39 Å². The molecular formula is C17H20FNO2. The lowest BCUT2D eigenvalue weighted by Crippen LogP contribution is -2.30. The largest absolute Gasteiger partial charge is 0.489 e. The van der Waals surface area contributed by atoms with E-state index in [1.165, 1.54) is 11.6 Å². The number of aliphatic hydroxyl groups is 1. The maximum absolute atomic E-state index is 13.4. The summed E-state index contributed by atoms with van der Waals surface area (Å²) in [6.45, 7) is 2.40. The molecule has 1 N–H and O–H groups in total. The third-order valence-electron chi connectivity index (χ3n) is 3.17. The van der Waals surface area contributed by atoms with Gasteiger partial charge in [0, 0.05) is 19.6 Å². The minimum atomic E-state index is -0.353. The molecule has 0 spiro atoms. The van der Waals surface area contributed by atoms with Gasteiger partial charge in [-0.05, 0) is 17.7 Å². The van der Waals surface area contributed by atoms with Crippen LogP contribution < -0.4 is 4.74 Å². The molecule has 21 heavy (non-hydrogen) atoms. The van der Waals surface area contributed by atoms with Crippen molar-refractivity contribution in [1.82, 2.24) is 4.90 Å². The van der Waals surface area contributed by atoms with E-state index in [1.807, 2.05) is 30.3 Å². The summed E-state index contributed by atoms with van der Waals surface area (Å²) < 4.78 is 18.9. The van der Waals surface area contributed by atoms with E-state index >= 15 is 0 Å². The lowest BCUT2D eigenvalue weighted by atomic mass is 10.2. The molecule has 0 aliphatic rings. The first-order valence-corrected chi connectivity index (χ1v) is 7.04. The molecule has 2 rings (SSSR count). The van der Waals surface area contributed by atoms with Crippen LogP contribution >= 0.6 is 0 Å². The molecule has 0 radical (unpaired) electrons. The summed E-state index contributed by atoms with van der Waals surface area (Å²) in [6.07, 6.45) is 0. The zero-order valence-electron chi connectivity index (χ0n) is 11.9. The van der Waals surface area contributed by atoms with Crippen LogP contribution in [0.25, 0.3) is 0 Å². The first kappa shape index (κ1) is 15.5. The summed E-state index contributed by atoms with van der Waals surface area (Å²) in [6, 6.07) is 16.4. The van der Waals surface area contributed by atoms with Crippen LogP contribution in [-0.4, -0.2) is 36.3 Å². The third kappa shape index (κ3) is 5.17. The van der Waals surface area contributed by atoms with E-state index in [-0.39, 0.29) is 18.2 Å². The van der Waals surface area contributed by atoms with Gasteiger partial charge in [-0.15, -0.1) is 0 Å². The van der Waals surface area contributed by atoms with Gasteiger partial charge < -0.3 is 9.84 Å². The zero-order valence-corrected chi connectivity index (χ0v) is 11.9. The Kier molecular flexibility index (Phi) is 6.19. The molecule has 3 nitrogen and oxygen atoms in total. The predicted octanol–water partition coefficient (Wildman–Crippen LogP) is 2.70. The first-order chi connectivity index (χ1) is 10.3. The second-order valence-corrected chi connectivity index (χ2v) is 4.76. The van der Waals surface area contributed by atoms with Crippen LogP contribution in [0.1, 0.15) is 5.56 Å². The molecule has 0 aliphatic heterocycles. The Morgan fingerprint density at radius 3 is 2.38 bits per heavy atom. The zero-order chi connectivity index (χ0) is 14.9. The average Bonchev–Trinajstić information content (AvgIpc) is 2.50. The summed E-state index contributed by atoms with van der Waals surface area (Å²) in [5, 5.41) is 9.13. The van der Waals surface area contributed by atoms with Gasteiger partial charge in [-0.2, -0.15) is 0 Å². The molecule has 0 aromatic heterocycles. The summed E-state index contributed by atoms with van der Waals surface area (Å²) in [4.78, 5) is 2.08. The standard InChI is InChI=1S/C17H20FNO2/c18-16-8-4-5-9-17(16)21-13-11-19(10-12-20)14-15-6-2-1-3-7-15/h1-9,20H,10-14H2. The van der Waals surface area contributed by atoms with Crippen molar-refractivity contribution >= 4 is 0 Å². The molecule has 0 aliphatic carbocycles. The SMILES string of the molecule is OCCN(CCOc1ccccc1F)Cc1ccccc1. The van der Waals surface area contributed by atoms with Crippen molar-refractivity contribution in [2.24, 2.45) is 0 Å². The summed E-state index contributed by atoms with van der Waals surface area (Å²) >= 11 is 0. The molecular weight excluding hydrogens is 269 g/mol. The van der Waals surface area contributed by atoms with Gasteiger partial charge in [-0.1, -0.05) is 42.5 Å². The smallest absolute Gasteiger partial charge is 0.165 e. The molecule has 0 atom stereocenters. The van der Waals surface area contributed by atoms with Crippen LogP contribution in [0.15, 0.2) is 54.6 Å². The highest BCUT2D eigenvalue weighted by atomic mass is 19.1. The summed E-state index contributed by atoms with van der Waals surface area (Å²) in [7, 11) is 0. The monoisotopic (exact) mass is 289 g/mol. The highest BCUT2D eigenvalue weighted by Gasteiger charge is 2.07. The van der Waals surface area contributed by atoms with Crippen LogP contribution in [0.3, 0.4) is 0 Å². The molecule has 0 saturated heterocycles.